The maximum absolute atomic E-state index is 4.72. The fourth-order valence-electron chi connectivity index (χ4n) is 4.21. The van der Waals surface area contributed by atoms with Crippen LogP contribution in [0, 0.1) is 0 Å². The molecule has 0 amide bonds. The lowest BCUT2D eigenvalue weighted by atomic mass is 9.94. The van der Waals surface area contributed by atoms with Crippen LogP contribution in [0.25, 0.3) is 22.6 Å². The van der Waals surface area contributed by atoms with Crippen molar-refractivity contribution in [3.63, 3.8) is 0 Å². The molecule has 1 fully saturated rings. The van der Waals surface area contributed by atoms with E-state index in [1.54, 1.807) is 0 Å². The summed E-state index contributed by atoms with van der Waals surface area (Å²) in [7, 11) is 0. The summed E-state index contributed by atoms with van der Waals surface area (Å²) in [6.45, 7) is 3.14. The maximum Gasteiger partial charge on any atom is 0.197 e. The summed E-state index contributed by atoms with van der Waals surface area (Å²) in [5.41, 5.74) is 4.98. The molecule has 0 bridgehead atoms. The second-order valence-corrected chi connectivity index (χ2v) is 7.70. The minimum Gasteiger partial charge on any atom is -0.359 e. The van der Waals surface area contributed by atoms with E-state index in [-0.39, 0.29) is 0 Å². The van der Waals surface area contributed by atoms with Gasteiger partial charge in [0.1, 0.15) is 5.82 Å². The molecule has 0 unspecified atom stereocenters. The molecule has 0 atom stereocenters. The molecule has 1 aliphatic heterocycles. The number of likely N-dealkylation sites (tertiary alicyclic amines) is 1. The second-order valence-electron chi connectivity index (χ2n) is 7.70. The Labute approximate surface area is 170 Å². The van der Waals surface area contributed by atoms with Crippen molar-refractivity contribution in [3.05, 3.63) is 84.3 Å². The van der Waals surface area contributed by atoms with Crippen molar-refractivity contribution in [2.45, 2.75) is 25.3 Å². The van der Waals surface area contributed by atoms with E-state index in [1.165, 1.54) is 16.7 Å². The molecule has 3 heterocycles. The van der Waals surface area contributed by atoms with E-state index in [1.807, 2.05) is 18.3 Å². The first-order chi connectivity index (χ1) is 14.4. The number of aromatic amines is 2. The van der Waals surface area contributed by atoms with E-state index in [2.05, 4.69) is 74.7 Å². The smallest absolute Gasteiger partial charge is 0.197 e. The van der Waals surface area contributed by atoms with Crippen LogP contribution in [0.1, 0.15) is 30.1 Å². The van der Waals surface area contributed by atoms with Gasteiger partial charge in [-0.25, -0.2) is 4.98 Å². The fraction of sp³-hybridized carbons (Fsp3) is 0.250. The predicted molar refractivity (Wildman–Crippen MR) is 115 cm³/mol. The Morgan fingerprint density at radius 1 is 0.897 bits per heavy atom. The van der Waals surface area contributed by atoms with Gasteiger partial charge in [0.2, 0.25) is 0 Å². The predicted octanol–water partition coefficient (Wildman–Crippen LogP) is 4.85. The highest BCUT2D eigenvalue weighted by Gasteiger charge is 2.24. The number of hydrogen-bond donors (Lipinski definition) is 2. The van der Waals surface area contributed by atoms with Crippen LogP contribution in [0.5, 0.6) is 0 Å². The van der Waals surface area contributed by atoms with Crippen molar-refractivity contribution >= 4 is 0 Å². The third kappa shape index (κ3) is 3.87. The largest absolute Gasteiger partial charge is 0.359 e. The Balaban J connectivity index is 1.24. The molecule has 2 N–H and O–H groups in total. The molecule has 4 aromatic rings. The normalized spacial score (nSPS) is 15.6. The molecule has 2 aromatic heterocycles. The average molecular weight is 383 g/mol. The van der Waals surface area contributed by atoms with Crippen LogP contribution in [0.4, 0.5) is 0 Å². The van der Waals surface area contributed by atoms with Crippen LogP contribution in [0.15, 0.2) is 72.9 Å². The van der Waals surface area contributed by atoms with Gasteiger partial charge in [0.25, 0.3) is 0 Å². The van der Waals surface area contributed by atoms with Crippen molar-refractivity contribution in [1.29, 1.82) is 0 Å². The maximum atomic E-state index is 4.72. The molecule has 0 radical (unpaired) electrons. The number of benzene rings is 2. The Hall–Kier alpha value is -3.18. The van der Waals surface area contributed by atoms with E-state index >= 15 is 0 Å². The molecule has 146 valence electrons. The Bertz CT molecular complexity index is 1040. The minimum atomic E-state index is 0.451. The highest BCUT2D eigenvalue weighted by Crippen LogP contribution is 2.29. The molecule has 5 nitrogen and oxygen atoms in total. The zero-order chi connectivity index (χ0) is 19.5. The zero-order valence-corrected chi connectivity index (χ0v) is 16.4. The Morgan fingerprint density at radius 2 is 1.69 bits per heavy atom. The number of aromatic nitrogens is 4. The Morgan fingerprint density at radius 3 is 2.48 bits per heavy atom. The highest BCUT2D eigenvalue weighted by molar-refractivity contribution is 5.67. The standard InChI is InChI=1S/C24H25N5/c1-2-7-18(8-3-1)21-10-5-4-9-20(21)17-29-15-12-19(13-16-29)23-26-24(28-27-23)22-11-6-14-25-22/h1-11,14,19,25H,12-13,15-17H2,(H,26,27,28). The van der Waals surface area contributed by atoms with Crippen molar-refractivity contribution in [2.24, 2.45) is 0 Å². The van der Waals surface area contributed by atoms with Crippen molar-refractivity contribution in [1.82, 2.24) is 25.1 Å². The number of H-pyrrole nitrogens is 2. The lowest BCUT2D eigenvalue weighted by molar-refractivity contribution is 0.202. The van der Waals surface area contributed by atoms with Crippen LogP contribution in [-0.2, 0) is 6.54 Å². The molecule has 29 heavy (non-hydrogen) atoms. The summed E-state index contributed by atoms with van der Waals surface area (Å²) >= 11 is 0. The highest BCUT2D eigenvalue weighted by atomic mass is 15.2. The third-order valence-electron chi connectivity index (χ3n) is 5.81. The lowest BCUT2D eigenvalue weighted by Gasteiger charge is -2.31. The molecule has 2 aromatic carbocycles. The number of hydrogen-bond acceptors (Lipinski definition) is 3. The number of rotatable bonds is 5. The van der Waals surface area contributed by atoms with Gasteiger partial charge in [-0.2, -0.15) is 5.10 Å². The first-order valence-electron chi connectivity index (χ1n) is 10.3. The SMILES string of the molecule is c1ccc(-c2ccccc2CN2CCC(c3nc(-c4ccc[nH]4)n[nH]3)CC2)cc1. The first-order valence-corrected chi connectivity index (χ1v) is 10.3. The van der Waals surface area contributed by atoms with Crippen molar-refractivity contribution < 1.29 is 0 Å². The first kappa shape index (κ1) is 17.9. The van der Waals surface area contributed by atoms with Crippen LogP contribution < -0.4 is 0 Å². The molecule has 1 aliphatic rings. The summed E-state index contributed by atoms with van der Waals surface area (Å²) in [6.07, 6.45) is 4.11. The van der Waals surface area contributed by atoms with Crippen LogP contribution in [0.3, 0.4) is 0 Å². The number of nitrogens with one attached hydrogen (secondary N) is 2. The van der Waals surface area contributed by atoms with Crippen LogP contribution in [-0.4, -0.2) is 38.2 Å². The number of nitrogens with zero attached hydrogens (tertiary/aromatic N) is 3. The summed E-state index contributed by atoms with van der Waals surface area (Å²) < 4.78 is 0. The molecule has 0 aliphatic carbocycles. The van der Waals surface area contributed by atoms with E-state index in [4.69, 9.17) is 4.98 Å². The van der Waals surface area contributed by atoms with Crippen molar-refractivity contribution in [3.8, 4) is 22.6 Å². The molecular weight excluding hydrogens is 358 g/mol. The van der Waals surface area contributed by atoms with Crippen LogP contribution in [0.2, 0.25) is 0 Å². The molecule has 0 spiro atoms. The topological polar surface area (TPSA) is 60.6 Å². The van der Waals surface area contributed by atoms with Gasteiger partial charge < -0.3 is 4.98 Å². The van der Waals surface area contributed by atoms with Crippen LogP contribution >= 0.6 is 0 Å². The molecular formula is C24H25N5. The van der Waals surface area contributed by atoms with E-state index in [0.29, 0.717) is 5.92 Å². The third-order valence-corrected chi connectivity index (χ3v) is 5.81. The molecule has 5 rings (SSSR count). The minimum absolute atomic E-state index is 0.451. The quantitative estimate of drug-likeness (QED) is 0.518. The summed E-state index contributed by atoms with van der Waals surface area (Å²) in [5, 5.41) is 7.54. The van der Waals surface area contributed by atoms with Gasteiger partial charge >= 0.3 is 0 Å². The monoisotopic (exact) mass is 383 g/mol. The van der Waals surface area contributed by atoms with Gasteiger partial charge in [-0.1, -0.05) is 54.6 Å². The summed E-state index contributed by atoms with van der Waals surface area (Å²) in [4.78, 5) is 10.4. The van der Waals surface area contributed by atoms with Gasteiger partial charge in [0.05, 0.1) is 5.69 Å². The van der Waals surface area contributed by atoms with Gasteiger partial charge in [0, 0.05) is 18.7 Å². The number of piperidine rings is 1. The zero-order valence-electron chi connectivity index (χ0n) is 16.4. The molecule has 5 heteroatoms. The van der Waals surface area contributed by atoms with Gasteiger partial charge in [-0.05, 0) is 54.8 Å². The van der Waals surface area contributed by atoms with Crippen molar-refractivity contribution in [2.75, 3.05) is 13.1 Å². The van der Waals surface area contributed by atoms with E-state index in [0.717, 1.165) is 49.8 Å². The summed E-state index contributed by atoms with van der Waals surface area (Å²) in [5.74, 6) is 2.22. The van der Waals surface area contributed by atoms with Gasteiger partial charge in [0.15, 0.2) is 5.82 Å². The molecule has 0 saturated carbocycles. The van der Waals surface area contributed by atoms with E-state index in [9.17, 15) is 0 Å². The summed E-state index contributed by atoms with van der Waals surface area (Å²) in [6, 6.07) is 23.4. The van der Waals surface area contributed by atoms with Gasteiger partial charge in [-0.15, -0.1) is 0 Å². The Kier molecular flexibility index (Phi) is 4.97. The second kappa shape index (κ2) is 8.05. The molecule has 1 saturated heterocycles. The fourth-order valence-corrected chi connectivity index (χ4v) is 4.21. The average Bonchev–Trinajstić information content (AvgIpc) is 3.48. The van der Waals surface area contributed by atoms with E-state index < -0.39 is 0 Å². The van der Waals surface area contributed by atoms with Gasteiger partial charge in [-0.3, -0.25) is 10.00 Å². The lowest BCUT2D eigenvalue weighted by Crippen LogP contribution is -2.32.